The Morgan fingerprint density at radius 3 is 2.89 bits per heavy atom. The number of ether oxygens (including phenoxy) is 1. The molecule has 1 aromatic heterocycles. The van der Waals surface area contributed by atoms with Gasteiger partial charge in [0.2, 0.25) is 0 Å². The standard InChI is InChI=1S/C14H16N2O2/c1-3-18-14(17)13(15-2)11-8-4-6-10-7-5-9-16-12(10)11/h4-9,13,15H,3H2,1-2H3. The third kappa shape index (κ3) is 2.33. The van der Waals surface area contributed by atoms with E-state index < -0.39 is 6.04 Å². The van der Waals surface area contributed by atoms with Crippen molar-refractivity contribution in [3.8, 4) is 0 Å². The first kappa shape index (κ1) is 12.5. The van der Waals surface area contributed by atoms with Crippen LogP contribution in [-0.2, 0) is 9.53 Å². The highest BCUT2D eigenvalue weighted by atomic mass is 16.5. The van der Waals surface area contributed by atoms with Crippen LogP contribution in [0.3, 0.4) is 0 Å². The molecular formula is C14H16N2O2. The second-order valence-corrected chi connectivity index (χ2v) is 3.90. The van der Waals surface area contributed by atoms with Crippen molar-refractivity contribution in [1.29, 1.82) is 0 Å². The zero-order valence-corrected chi connectivity index (χ0v) is 10.5. The Morgan fingerprint density at radius 2 is 2.17 bits per heavy atom. The Labute approximate surface area is 106 Å². The van der Waals surface area contributed by atoms with Gasteiger partial charge in [0.15, 0.2) is 0 Å². The molecule has 0 bridgehead atoms. The lowest BCUT2D eigenvalue weighted by molar-refractivity contribution is -0.145. The number of aromatic nitrogens is 1. The third-order valence-corrected chi connectivity index (χ3v) is 2.79. The Morgan fingerprint density at radius 1 is 1.39 bits per heavy atom. The second-order valence-electron chi connectivity index (χ2n) is 3.90. The Kier molecular flexibility index (Phi) is 3.89. The molecule has 0 aliphatic rings. The molecule has 94 valence electrons. The van der Waals surface area contributed by atoms with E-state index in [2.05, 4.69) is 10.3 Å². The number of para-hydroxylation sites is 1. The van der Waals surface area contributed by atoms with Gasteiger partial charge in [0.25, 0.3) is 0 Å². The Bertz CT molecular complexity index is 549. The van der Waals surface area contributed by atoms with Crippen LogP contribution in [0.15, 0.2) is 36.5 Å². The van der Waals surface area contributed by atoms with Gasteiger partial charge in [-0.15, -0.1) is 0 Å². The number of carbonyl (C=O) groups excluding carboxylic acids is 1. The molecule has 0 amide bonds. The molecule has 0 saturated heterocycles. The fourth-order valence-corrected chi connectivity index (χ4v) is 1.99. The lowest BCUT2D eigenvalue weighted by atomic mass is 10.0. The molecule has 0 saturated carbocycles. The minimum Gasteiger partial charge on any atom is -0.465 e. The maximum absolute atomic E-state index is 11.9. The highest BCUT2D eigenvalue weighted by Crippen LogP contribution is 2.23. The lowest BCUT2D eigenvalue weighted by Crippen LogP contribution is -2.27. The molecule has 0 spiro atoms. The molecule has 1 aromatic carbocycles. The van der Waals surface area contributed by atoms with E-state index in [0.717, 1.165) is 16.5 Å². The van der Waals surface area contributed by atoms with Crippen molar-refractivity contribution in [1.82, 2.24) is 10.3 Å². The van der Waals surface area contributed by atoms with E-state index in [0.29, 0.717) is 6.61 Å². The predicted molar refractivity (Wildman–Crippen MR) is 70.2 cm³/mol. The maximum atomic E-state index is 11.9. The van der Waals surface area contributed by atoms with Crippen LogP contribution in [0.1, 0.15) is 18.5 Å². The molecule has 4 heteroatoms. The van der Waals surface area contributed by atoms with Gasteiger partial charge in [-0.3, -0.25) is 4.98 Å². The number of hydrogen-bond donors (Lipinski definition) is 1. The van der Waals surface area contributed by atoms with E-state index in [9.17, 15) is 4.79 Å². The highest BCUT2D eigenvalue weighted by Gasteiger charge is 2.22. The summed E-state index contributed by atoms with van der Waals surface area (Å²) in [4.78, 5) is 16.3. The molecule has 18 heavy (non-hydrogen) atoms. The lowest BCUT2D eigenvalue weighted by Gasteiger charge is -2.16. The maximum Gasteiger partial charge on any atom is 0.327 e. The van der Waals surface area contributed by atoms with Crippen LogP contribution in [0.25, 0.3) is 10.9 Å². The molecule has 1 heterocycles. The van der Waals surface area contributed by atoms with E-state index in [1.807, 2.05) is 30.3 Å². The monoisotopic (exact) mass is 244 g/mol. The van der Waals surface area contributed by atoms with Gasteiger partial charge in [0.05, 0.1) is 12.1 Å². The van der Waals surface area contributed by atoms with Gasteiger partial charge < -0.3 is 10.1 Å². The zero-order chi connectivity index (χ0) is 13.0. The number of hydrogen-bond acceptors (Lipinski definition) is 4. The summed E-state index contributed by atoms with van der Waals surface area (Å²) >= 11 is 0. The van der Waals surface area contributed by atoms with Crippen LogP contribution in [-0.4, -0.2) is 24.6 Å². The number of nitrogens with one attached hydrogen (secondary N) is 1. The number of likely N-dealkylation sites (N-methyl/N-ethyl adjacent to an activating group) is 1. The average Bonchev–Trinajstić information content (AvgIpc) is 2.40. The van der Waals surface area contributed by atoms with E-state index >= 15 is 0 Å². The molecule has 2 rings (SSSR count). The Hall–Kier alpha value is -1.94. The zero-order valence-electron chi connectivity index (χ0n) is 10.5. The smallest absolute Gasteiger partial charge is 0.327 e. The summed E-state index contributed by atoms with van der Waals surface area (Å²) in [6.45, 7) is 2.17. The summed E-state index contributed by atoms with van der Waals surface area (Å²) < 4.78 is 5.07. The Balaban J connectivity index is 2.48. The summed E-state index contributed by atoms with van der Waals surface area (Å²) in [5, 5.41) is 3.99. The number of nitrogens with zero attached hydrogens (tertiary/aromatic N) is 1. The van der Waals surface area contributed by atoms with Crippen molar-refractivity contribution in [3.05, 3.63) is 42.1 Å². The minimum absolute atomic E-state index is 0.279. The summed E-state index contributed by atoms with van der Waals surface area (Å²) in [7, 11) is 1.74. The normalized spacial score (nSPS) is 12.3. The van der Waals surface area contributed by atoms with E-state index in [4.69, 9.17) is 4.74 Å². The van der Waals surface area contributed by atoms with Crippen LogP contribution in [0, 0.1) is 0 Å². The first-order valence-corrected chi connectivity index (χ1v) is 5.95. The molecule has 0 aliphatic heterocycles. The second kappa shape index (κ2) is 5.60. The molecule has 0 aliphatic carbocycles. The topological polar surface area (TPSA) is 51.2 Å². The van der Waals surface area contributed by atoms with Gasteiger partial charge in [0.1, 0.15) is 6.04 Å². The van der Waals surface area contributed by atoms with Crippen molar-refractivity contribution in [2.45, 2.75) is 13.0 Å². The van der Waals surface area contributed by atoms with Crippen molar-refractivity contribution < 1.29 is 9.53 Å². The summed E-state index contributed by atoms with van der Waals surface area (Å²) in [6.07, 6.45) is 1.73. The molecule has 0 radical (unpaired) electrons. The number of benzene rings is 1. The van der Waals surface area contributed by atoms with Gasteiger partial charge in [-0.2, -0.15) is 0 Å². The van der Waals surface area contributed by atoms with Crippen LogP contribution in [0.2, 0.25) is 0 Å². The van der Waals surface area contributed by atoms with E-state index in [-0.39, 0.29) is 5.97 Å². The van der Waals surface area contributed by atoms with Gasteiger partial charge in [-0.05, 0) is 20.0 Å². The number of carbonyl (C=O) groups is 1. The van der Waals surface area contributed by atoms with Crippen LogP contribution >= 0.6 is 0 Å². The van der Waals surface area contributed by atoms with Crippen molar-refractivity contribution in [2.75, 3.05) is 13.7 Å². The van der Waals surface area contributed by atoms with Crippen molar-refractivity contribution in [3.63, 3.8) is 0 Å². The quantitative estimate of drug-likeness (QED) is 0.836. The molecule has 0 fully saturated rings. The van der Waals surface area contributed by atoms with Crippen LogP contribution in [0.5, 0.6) is 0 Å². The van der Waals surface area contributed by atoms with Gasteiger partial charge in [-0.25, -0.2) is 4.79 Å². The fourth-order valence-electron chi connectivity index (χ4n) is 1.99. The van der Waals surface area contributed by atoms with Gasteiger partial charge in [0, 0.05) is 17.1 Å². The number of pyridine rings is 1. The fraction of sp³-hybridized carbons (Fsp3) is 0.286. The summed E-state index contributed by atoms with van der Waals surface area (Å²) in [5.74, 6) is -0.279. The minimum atomic E-state index is -0.483. The molecule has 2 aromatic rings. The largest absolute Gasteiger partial charge is 0.465 e. The van der Waals surface area contributed by atoms with E-state index in [1.54, 1.807) is 20.2 Å². The van der Waals surface area contributed by atoms with Crippen LogP contribution in [0.4, 0.5) is 0 Å². The van der Waals surface area contributed by atoms with Gasteiger partial charge in [-0.1, -0.05) is 24.3 Å². The predicted octanol–water partition coefficient (Wildman–Crippen LogP) is 2.06. The third-order valence-electron chi connectivity index (χ3n) is 2.79. The molecule has 4 nitrogen and oxygen atoms in total. The van der Waals surface area contributed by atoms with Crippen LogP contribution < -0.4 is 5.32 Å². The van der Waals surface area contributed by atoms with Crippen molar-refractivity contribution in [2.24, 2.45) is 0 Å². The SMILES string of the molecule is CCOC(=O)C(NC)c1cccc2cccnc12. The number of rotatable bonds is 4. The average molecular weight is 244 g/mol. The van der Waals surface area contributed by atoms with E-state index in [1.165, 1.54) is 0 Å². The first-order valence-electron chi connectivity index (χ1n) is 5.95. The number of fused-ring (bicyclic) bond motifs is 1. The first-order chi connectivity index (χ1) is 8.77. The number of esters is 1. The van der Waals surface area contributed by atoms with Crippen molar-refractivity contribution >= 4 is 16.9 Å². The molecule has 1 N–H and O–H groups in total. The molecule has 1 atom stereocenters. The molecular weight excluding hydrogens is 228 g/mol. The molecule has 1 unspecified atom stereocenters. The highest BCUT2D eigenvalue weighted by molar-refractivity contribution is 5.88. The summed E-state index contributed by atoms with van der Waals surface area (Å²) in [5.41, 5.74) is 1.67. The summed E-state index contributed by atoms with van der Waals surface area (Å²) in [6, 6.07) is 9.16. The van der Waals surface area contributed by atoms with Gasteiger partial charge >= 0.3 is 5.97 Å².